The van der Waals surface area contributed by atoms with Crippen molar-refractivity contribution in [1.29, 1.82) is 0 Å². The number of nitrogens with zero attached hydrogens (tertiary/aromatic N) is 2. The second-order valence-corrected chi connectivity index (χ2v) is 22.5. The highest BCUT2D eigenvalue weighted by molar-refractivity contribution is 5.95. The lowest BCUT2D eigenvalue weighted by atomic mass is 9.83. The molecule has 74 heavy (non-hydrogen) atoms. The van der Waals surface area contributed by atoms with Crippen molar-refractivity contribution in [2.75, 3.05) is 27.2 Å². The number of likely N-dealkylation sites (N-methyl/N-ethyl adjacent to an activating group) is 2. The molecular formula is C60H82N8O6. The number of carbonyl (C=O) groups excluding carboxylic acids is 6. The number of carbonyl (C=O) groups is 6. The average Bonchev–Trinajstić information content (AvgIpc) is 4.15. The molecule has 2 heterocycles. The van der Waals surface area contributed by atoms with Crippen molar-refractivity contribution in [3.63, 3.8) is 0 Å². The van der Waals surface area contributed by atoms with E-state index in [0.717, 1.165) is 149 Å². The summed E-state index contributed by atoms with van der Waals surface area (Å²) in [6.07, 6.45) is 18.2. The third kappa shape index (κ3) is 11.9. The van der Waals surface area contributed by atoms with E-state index in [-0.39, 0.29) is 59.4 Å². The number of hydrogen-bond donors (Lipinski definition) is 6. The van der Waals surface area contributed by atoms with E-state index in [1.807, 2.05) is 0 Å². The highest BCUT2D eigenvalue weighted by Crippen LogP contribution is 2.38. The maximum Gasteiger partial charge on any atom is 0.246 e. The van der Waals surface area contributed by atoms with Gasteiger partial charge in [0.1, 0.15) is 24.2 Å². The topological polar surface area (TPSA) is 181 Å². The lowest BCUT2D eigenvalue weighted by Gasteiger charge is -2.35. The van der Waals surface area contributed by atoms with Crippen LogP contribution in [0.2, 0.25) is 0 Å². The Morgan fingerprint density at radius 1 is 0.459 bits per heavy atom. The zero-order valence-electron chi connectivity index (χ0n) is 44.4. The standard InChI is InChI=1S/C60H82N8O6/c1-37(61-3)55(69)65-53(41-15-7-5-8-16-41)59(73)67-33-13-23-51(67)57(71)63-49-21-11-19-45-35-43(29-31-47(45)49)39-25-27-40(28-26-39)44-30-32-48-46(36-44)20-12-22-50(48)64-58(72)52-24-14-34-68(52)60(74)54(42-17-9-6-10-18-42)66-56(70)38(2)62-4/h25-32,35-38,41-42,49-54,61-62H,5-24,33-34H2,1-4H3,(H,63,71)(H,64,72)(H,65,69)(H,66,70)/t37?,38?,49-,50-,51+,52+,53?,54?/m1/s1. The molecule has 4 unspecified atom stereocenters. The Bertz CT molecular complexity index is 2330. The Morgan fingerprint density at radius 2 is 0.838 bits per heavy atom. The van der Waals surface area contributed by atoms with Crippen LogP contribution in [0.25, 0.3) is 22.3 Å². The minimum Gasteiger partial charge on any atom is -0.347 e. The van der Waals surface area contributed by atoms with Gasteiger partial charge in [0.2, 0.25) is 35.4 Å². The van der Waals surface area contributed by atoms with Crippen molar-refractivity contribution in [3.05, 3.63) is 82.9 Å². The second kappa shape index (κ2) is 24.4. The third-order valence-electron chi connectivity index (χ3n) is 17.8. The molecule has 6 aliphatic rings. The molecule has 9 rings (SSSR count). The van der Waals surface area contributed by atoms with Gasteiger partial charge in [-0.25, -0.2) is 0 Å². The van der Waals surface area contributed by atoms with Gasteiger partial charge < -0.3 is 41.7 Å². The molecule has 14 nitrogen and oxygen atoms in total. The monoisotopic (exact) mass is 1010 g/mol. The SMILES string of the molecule is CNC(C)C(=O)NC(C(=O)N1CCC[C@H]1C(=O)N[C@@H]1CCCc2cc(-c3ccc(-c4ccc5c(c4)CCC[C@H]5NC(=O)[C@@H]4CCCN4C(=O)C(NC(=O)C(C)NC)C4CCCCC4)cc3)ccc21)C1CCCCC1. The van der Waals surface area contributed by atoms with Gasteiger partial charge in [-0.3, -0.25) is 28.8 Å². The molecule has 0 aromatic heterocycles. The molecule has 2 aliphatic heterocycles. The van der Waals surface area contributed by atoms with Gasteiger partial charge in [0.05, 0.1) is 24.2 Å². The number of hydrogen-bond acceptors (Lipinski definition) is 8. The Labute approximate surface area is 439 Å². The Morgan fingerprint density at radius 3 is 1.22 bits per heavy atom. The quantitative estimate of drug-likeness (QED) is 0.0863. The van der Waals surface area contributed by atoms with E-state index >= 15 is 0 Å². The lowest BCUT2D eigenvalue weighted by Crippen LogP contribution is -2.58. The van der Waals surface area contributed by atoms with Crippen LogP contribution in [0.3, 0.4) is 0 Å². The van der Waals surface area contributed by atoms with Crippen LogP contribution >= 0.6 is 0 Å². The minimum absolute atomic E-state index is 0.0702. The molecular weight excluding hydrogens is 929 g/mol. The van der Waals surface area contributed by atoms with Crippen LogP contribution in [-0.2, 0) is 41.6 Å². The van der Waals surface area contributed by atoms with Crippen molar-refractivity contribution in [2.45, 2.75) is 191 Å². The van der Waals surface area contributed by atoms with Crippen LogP contribution in [0.4, 0.5) is 0 Å². The van der Waals surface area contributed by atoms with Crippen LogP contribution in [0, 0.1) is 11.8 Å². The Hall–Kier alpha value is -5.60. The first kappa shape index (κ1) is 53.2. The molecule has 2 saturated carbocycles. The molecule has 4 aliphatic carbocycles. The molecule has 0 radical (unpaired) electrons. The largest absolute Gasteiger partial charge is 0.347 e. The maximum atomic E-state index is 14.3. The van der Waals surface area contributed by atoms with Crippen LogP contribution < -0.4 is 31.9 Å². The van der Waals surface area contributed by atoms with Gasteiger partial charge in [0.25, 0.3) is 0 Å². The molecule has 8 atom stereocenters. The highest BCUT2D eigenvalue weighted by atomic mass is 16.2. The van der Waals surface area contributed by atoms with Gasteiger partial charge in [0, 0.05) is 13.1 Å². The zero-order chi connectivity index (χ0) is 51.9. The number of amides is 6. The van der Waals surface area contributed by atoms with Gasteiger partial charge in [-0.15, -0.1) is 0 Å². The van der Waals surface area contributed by atoms with E-state index in [1.54, 1.807) is 37.7 Å². The van der Waals surface area contributed by atoms with Crippen LogP contribution in [-0.4, -0.2) is 109 Å². The third-order valence-corrected chi connectivity index (χ3v) is 17.8. The van der Waals surface area contributed by atoms with Crippen LogP contribution in [0.5, 0.6) is 0 Å². The Kier molecular flexibility index (Phi) is 17.5. The van der Waals surface area contributed by atoms with E-state index in [2.05, 4.69) is 92.6 Å². The summed E-state index contributed by atoms with van der Waals surface area (Å²) in [7, 11) is 3.48. The minimum atomic E-state index is -0.627. The van der Waals surface area contributed by atoms with Crippen LogP contribution in [0.1, 0.15) is 164 Å². The summed E-state index contributed by atoms with van der Waals surface area (Å²) in [4.78, 5) is 86.5. The second-order valence-electron chi connectivity index (χ2n) is 22.5. The first-order valence-corrected chi connectivity index (χ1v) is 28.5. The molecule has 6 N–H and O–H groups in total. The summed E-state index contributed by atoms with van der Waals surface area (Å²) >= 11 is 0. The number of nitrogens with one attached hydrogen (secondary N) is 6. The van der Waals surface area contributed by atoms with Gasteiger partial charge in [0.15, 0.2) is 0 Å². The number of rotatable bonds is 16. The van der Waals surface area contributed by atoms with Gasteiger partial charge in [-0.1, -0.05) is 99.2 Å². The molecule has 4 fully saturated rings. The lowest BCUT2D eigenvalue weighted by molar-refractivity contribution is -0.143. The van der Waals surface area contributed by atoms with E-state index in [0.29, 0.717) is 25.9 Å². The molecule has 0 bridgehead atoms. The summed E-state index contributed by atoms with van der Waals surface area (Å²) in [5, 5.41) is 18.9. The van der Waals surface area contributed by atoms with E-state index in [1.165, 1.54) is 11.1 Å². The average molecular weight is 1010 g/mol. The predicted octanol–water partition coefficient (Wildman–Crippen LogP) is 7.34. The van der Waals surface area contributed by atoms with Crippen molar-refractivity contribution in [3.8, 4) is 22.3 Å². The van der Waals surface area contributed by atoms with Gasteiger partial charge >= 0.3 is 0 Å². The molecule has 6 amide bonds. The maximum absolute atomic E-state index is 14.3. The normalized spacial score (nSPS) is 23.9. The summed E-state index contributed by atoms with van der Waals surface area (Å²) in [6, 6.07) is 18.4. The van der Waals surface area contributed by atoms with Crippen molar-refractivity contribution >= 4 is 35.4 Å². The van der Waals surface area contributed by atoms with Crippen molar-refractivity contribution in [1.82, 2.24) is 41.7 Å². The van der Waals surface area contributed by atoms with Crippen molar-refractivity contribution in [2.24, 2.45) is 11.8 Å². The number of fused-ring (bicyclic) bond motifs is 2. The zero-order valence-corrected chi connectivity index (χ0v) is 44.4. The molecule has 2 saturated heterocycles. The molecule has 14 heteroatoms. The highest BCUT2D eigenvalue weighted by Gasteiger charge is 2.44. The number of aryl methyl sites for hydroxylation is 2. The predicted molar refractivity (Wildman–Crippen MR) is 288 cm³/mol. The summed E-state index contributed by atoms with van der Waals surface area (Å²) in [5.74, 6) is -0.714. The number of benzene rings is 3. The van der Waals surface area contributed by atoms with Gasteiger partial charge in [-0.05, 0) is 174 Å². The molecule has 3 aromatic carbocycles. The van der Waals surface area contributed by atoms with Crippen molar-refractivity contribution < 1.29 is 28.8 Å². The fourth-order valence-electron chi connectivity index (χ4n) is 13.2. The summed E-state index contributed by atoms with van der Waals surface area (Å²) < 4.78 is 0. The van der Waals surface area contributed by atoms with Gasteiger partial charge in [-0.2, -0.15) is 0 Å². The fourth-order valence-corrected chi connectivity index (χ4v) is 13.2. The fraction of sp³-hybridized carbons (Fsp3) is 0.600. The first-order valence-electron chi connectivity index (χ1n) is 28.5. The molecule has 3 aromatic rings. The first-order chi connectivity index (χ1) is 35.9. The molecule has 398 valence electrons. The molecule has 0 spiro atoms. The smallest absolute Gasteiger partial charge is 0.246 e. The number of likely N-dealkylation sites (tertiary alicyclic amines) is 2. The summed E-state index contributed by atoms with van der Waals surface area (Å²) in [6.45, 7) is 4.62. The summed E-state index contributed by atoms with van der Waals surface area (Å²) in [5.41, 5.74) is 9.22. The Balaban J connectivity index is 0.828. The van der Waals surface area contributed by atoms with Crippen LogP contribution in [0.15, 0.2) is 60.7 Å². The van der Waals surface area contributed by atoms with E-state index in [9.17, 15) is 28.8 Å². The van der Waals surface area contributed by atoms with E-state index < -0.39 is 36.3 Å². The van der Waals surface area contributed by atoms with E-state index in [4.69, 9.17) is 0 Å².